The summed E-state index contributed by atoms with van der Waals surface area (Å²) in [5.74, 6) is 0.211. The minimum absolute atomic E-state index is 0.125. The Balaban J connectivity index is 1.51. The average molecular weight is 500 g/mol. The van der Waals surface area contributed by atoms with Gasteiger partial charge in [-0.15, -0.1) is 0 Å². The molecule has 178 valence electrons. The van der Waals surface area contributed by atoms with Crippen LogP contribution in [-0.4, -0.2) is 47.7 Å². The molecule has 0 spiro atoms. The number of hydrazine groups is 1. The summed E-state index contributed by atoms with van der Waals surface area (Å²) in [5, 5.41) is 0. The fourth-order valence-electron chi connectivity index (χ4n) is 3.27. The van der Waals surface area contributed by atoms with Gasteiger partial charge in [0.1, 0.15) is 4.32 Å². The molecule has 1 saturated heterocycles. The Kier molecular flexibility index (Phi) is 8.67. The molecule has 0 atom stereocenters. The van der Waals surface area contributed by atoms with Crippen molar-refractivity contribution in [2.75, 3.05) is 20.8 Å². The monoisotopic (exact) mass is 499 g/mol. The molecule has 1 aliphatic rings. The summed E-state index contributed by atoms with van der Waals surface area (Å²) in [4.78, 5) is 39.1. The number of hydrogen-bond donors (Lipinski definition) is 2. The summed E-state index contributed by atoms with van der Waals surface area (Å²) in [7, 11) is 3.10. The van der Waals surface area contributed by atoms with Crippen molar-refractivity contribution in [3.8, 4) is 11.5 Å². The summed E-state index contributed by atoms with van der Waals surface area (Å²) in [6.07, 6.45) is 2.26. The van der Waals surface area contributed by atoms with Gasteiger partial charge in [0.2, 0.25) is 5.91 Å². The normalized spacial score (nSPS) is 14.3. The van der Waals surface area contributed by atoms with E-state index in [4.69, 9.17) is 21.7 Å². The SMILES string of the molecule is COc1ccc(/C=C2\SC(=S)N(CCCC(=O)NNC(=O)c3ccccc3C)C2=O)cc1OC. The van der Waals surface area contributed by atoms with E-state index < -0.39 is 0 Å². The molecule has 0 saturated carbocycles. The smallest absolute Gasteiger partial charge is 0.269 e. The average Bonchev–Trinajstić information content (AvgIpc) is 3.10. The minimum Gasteiger partial charge on any atom is -0.493 e. The van der Waals surface area contributed by atoms with Crippen LogP contribution in [0.1, 0.15) is 34.3 Å². The van der Waals surface area contributed by atoms with Crippen LogP contribution >= 0.6 is 24.0 Å². The molecule has 1 fully saturated rings. The molecule has 34 heavy (non-hydrogen) atoms. The molecule has 1 aliphatic heterocycles. The molecule has 3 amide bonds. The highest BCUT2D eigenvalue weighted by Crippen LogP contribution is 2.34. The number of nitrogens with zero attached hydrogens (tertiary/aromatic N) is 1. The third kappa shape index (κ3) is 6.15. The van der Waals surface area contributed by atoms with Crippen LogP contribution in [0.25, 0.3) is 6.08 Å². The van der Waals surface area contributed by atoms with E-state index >= 15 is 0 Å². The molecular weight excluding hydrogens is 474 g/mol. The van der Waals surface area contributed by atoms with E-state index in [1.54, 1.807) is 44.6 Å². The largest absolute Gasteiger partial charge is 0.493 e. The van der Waals surface area contributed by atoms with Gasteiger partial charge in [-0.2, -0.15) is 0 Å². The highest BCUT2D eigenvalue weighted by molar-refractivity contribution is 8.26. The third-order valence-corrected chi connectivity index (χ3v) is 6.45. The maximum atomic E-state index is 12.8. The van der Waals surface area contributed by atoms with Crippen molar-refractivity contribution in [2.45, 2.75) is 19.8 Å². The second-order valence-corrected chi connectivity index (χ2v) is 9.04. The van der Waals surface area contributed by atoms with Crippen LogP contribution in [0.4, 0.5) is 0 Å². The van der Waals surface area contributed by atoms with Gasteiger partial charge in [0.15, 0.2) is 11.5 Å². The van der Waals surface area contributed by atoms with Crippen LogP contribution in [0.5, 0.6) is 11.5 Å². The maximum absolute atomic E-state index is 12.8. The standard InChI is InChI=1S/C24H25N3O5S2/c1-15-7-4-5-8-17(15)22(29)26-25-21(28)9-6-12-27-23(30)20(34-24(27)33)14-16-10-11-18(31-2)19(13-16)32-3/h4-5,7-8,10-11,13-14H,6,9,12H2,1-3H3,(H,25,28)(H,26,29)/b20-14-. The Hall–Kier alpha value is -3.37. The summed E-state index contributed by atoms with van der Waals surface area (Å²) in [6.45, 7) is 2.12. The van der Waals surface area contributed by atoms with E-state index in [0.717, 1.165) is 11.1 Å². The lowest BCUT2D eigenvalue weighted by Crippen LogP contribution is -2.42. The van der Waals surface area contributed by atoms with Gasteiger partial charge in [0, 0.05) is 18.5 Å². The molecule has 0 unspecified atom stereocenters. The van der Waals surface area contributed by atoms with Gasteiger partial charge in [-0.3, -0.25) is 30.1 Å². The number of hydrogen-bond acceptors (Lipinski definition) is 7. The molecule has 0 bridgehead atoms. The van der Waals surface area contributed by atoms with Crippen LogP contribution in [0.15, 0.2) is 47.4 Å². The van der Waals surface area contributed by atoms with E-state index in [0.29, 0.717) is 39.3 Å². The topological polar surface area (TPSA) is 97.0 Å². The fourth-order valence-corrected chi connectivity index (χ4v) is 4.58. The van der Waals surface area contributed by atoms with Crippen LogP contribution in [0.3, 0.4) is 0 Å². The van der Waals surface area contributed by atoms with E-state index in [1.807, 2.05) is 25.1 Å². The lowest BCUT2D eigenvalue weighted by Gasteiger charge is -2.14. The summed E-state index contributed by atoms with van der Waals surface area (Å²) < 4.78 is 11.0. The lowest BCUT2D eigenvalue weighted by atomic mass is 10.1. The Bertz CT molecular complexity index is 1150. The number of ether oxygens (including phenoxy) is 2. The predicted molar refractivity (Wildman–Crippen MR) is 135 cm³/mol. The van der Waals surface area contributed by atoms with Gasteiger partial charge in [-0.25, -0.2) is 0 Å². The molecule has 10 heteroatoms. The number of thiocarbonyl (C=S) groups is 1. The molecule has 0 aliphatic carbocycles. The number of rotatable bonds is 8. The Morgan fingerprint density at radius 3 is 2.53 bits per heavy atom. The van der Waals surface area contributed by atoms with Gasteiger partial charge >= 0.3 is 0 Å². The van der Waals surface area contributed by atoms with Gasteiger partial charge in [0.25, 0.3) is 11.8 Å². The first-order chi connectivity index (χ1) is 16.3. The van der Waals surface area contributed by atoms with Gasteiger partial charge in [-0.05, 0) is 48.7 Å². The molecule has 0 aromatic heterocycles. The van der Waals surface area contributed by atoms with Gasteiger partial charge in [-0.1, -0.05) is 48.2 Å². The second-order valence-electron chi connectivity index (χ2n) is 7.37. The molecule has 2 aromatic carbocycles. The molecule has 3 rings (SSSR count). The Labute approximate surface area is 207 Å². The summed E-state index contributed by atoms with van der Waals surface area (Å²) >= 11 is 6.57. The lowest BCUT2D eigenvalue weighted by molar-refractivity contribution is -0.124. The van der Waals surface area contributed by atoms with E-state index in [-0.39, 0.29) is 24.1 Å². The Morgan fingerprint density at radius 2 is 1.82 bits per heavy atom. The van der Waals surface area contributed by atoms with Crippen molar-refractivity contribution in [3.05, 3.63) is 64.1 Å². The first kappa shape index (κ1) is 25.3. The number of thioether (sulfide) groups is 1. The second kappa shape index (κ2) is 11.7. The van der Waals surface area contributed by atoms with Crippen molar-refractivity contribution in [1.82, 2.24) is 15.8 Å². The maximum Gasteiger partial charge on any atom is 0.269 e. The zero-order valence-electron chi connectivity index (χ0n) is 19.0. The van der Waals surface area contributed by atoms with Crippen LogP contribution in [0.2, 0.25) is 0 Å². The summed E-state index contributed by atoms with van der Waals surface area (Å²) in [5.41, 5.74) is 6.89. The number of benzene rings is 2. The van der Waals surface area contributed by atoms with Crippen LogP contribution in [0, 0.1) is 6.92 Å². The van der Waals surface area contributed by atoms with Crippen molar-refractivity contribution in [3.63, 3.8) is 0 Å². The fraction of sp³-hybridized carbons (Fsp3) is 0.250. The first-order valence-electron chi connectivity index (χ1n) is 10.5. The molecule has 0 radical (unpaired) electrons. The number of methoxy groups -OCH3 is 2. The van der Waals surface area contributed by atoms with Crippen molar-refractivity contribution in [2.24, 2.45) is 0 Å². The predicted octanol–water partition coefficient (Wildman–Crippen LogP) is 3.45. The van der Waals surface area contributed by atoms with E-state index in [1.165, 1.54) is 16.7 Å². The molecule has 1 heterocycles. The highest BCUT2D eigenvalue weighted by atomic mass is 32.2. The Morgan fingerprint density at radius 1 is 1.09 bits per heavy atom. The number of amides is 3. The van der Waals surface area contributed by atoms with E-state index in [9.17, 15) is 14.4 Å². The van der Waals surface area contributed by atoms with Crippen molar-refractivity contribution in [1.29, 1.82) is 0 Å². The van der Waals surface area contributed by atoms with Crippen molar-refractivity contribution < 1.29 is 23.9 Å². The first-order valence-corrected chi connectivity index (χ1v) is 11.7. The van der Waals surface area contributed by atoms with E-state index in [2.05, 4.69) is 10.9 Å². The zero-order chi connectivity index (χ0) is 24.7. The number of carbonyl (C=O) groups excluding carboxylic acids is 3. The number of nitrogens with one attached hydrogen (secondary N) is 2. The highest BCUT2D eigenvalue weighted by Gasteiger charge is 2.31. The quantitative estimate of drug-likeness (QED) is 0.326. The van der Waals surface area contributed by atoms with Crippen LogP contribution < -0.4 is 20.3 Å². The molecule has 2 N–H and O–H groups in total. The van der Waals surface area contributed by atoms with Crippen molar-refractivity contribution >= 4 is 52.1 Å². The number of aryl methyl sites for hydroxylation is 1. The summed E-state index contributed by atoms with van der Waals surface area (Å²) in [6, 6.07) is 12.5. The zero-order valence-corrected chi connectivity index (χ0v) is 20.7. The molecule has 8 nitrogen and oxygen atoms in total. The minimum atomic E-state index is -0.385. The van der Waals surface area contributed by atoms with Crippen LogP contribution in [-0.2, 0) is 9.59 Å². The van der Waals surface area contributed by atoms with Gasteiger partial charge in [0.05, 0.1) is 19.1 Å². The number of carbonyl (C=O) groups is 3. The third-order valence-electron chi connectivity index (χ3n) is 5.07. The van der Waals surface area contributed by atoms with Gasteiger partial charge < -0.3 is 9.47 Å². The molecular formula is C24H25N3O5S2. The molecule has 2 aromatic rings.